The first-order valence-corrected chi connectivity index (χ1v) is 5.44. The van der Waals surface area contributed by atoms with Crippen LogP contribution in [0.15, 0.2) is 29.3 Å². The van der Waals surface area contributed by atoms with Gasteiger partial charge in [-0.1, -0.05) is 23.9 Å². The van der Waals surface area contributed by atoms with Crippen molar-refractivity contribution in [3.05, 3.63) is 35.0 Å². The molecule has 0 saturated heterocycles. The predicted molar refractivity (Wildman–Crippen MR) is 60.7 cm³/mol. The number of pyridine rings is 1. The number of nitrogen functional groups attached to an aromatic ring is 1. The van der Waals surface area contributed by atoms with E-state index in [0.29, 0.717) is 11.1 Å². The third-order valence-corrected chi connectivity index (χ3v) is 3.50. The van der Waals surface area contributed by atoms with Gasteiger partial charge in [0.15, 0.2) is 0 Å². The number of anilines is 1. The molecule has 14 heavy (non-hydrogen) atoms. The first-order chi connectivity index (χ1) is 6.79. The summed E-state index contributed by atoms with van der Waals surface area (Å²) in [6.07, 6.45) is 3.22. The van der Waals surface area contributed by atoms with Crippen molar-refractivity contribution < 1.29 is 0 Å². The summed E-state index contributed by atoms with van der Waals surface area (Å²) >= 11 is 1.80. The number of nitrogens with two attached hydrogens (primary N) is 1. The van der Waals surface area contributed by atoms with E-state index in [4.69, 9.17) is 5.73 Å². The van der Waals surface area contributed by atoms with Crippen LogP contribution in [0.5, 0.6) is 0 Å². The molecule has 0 saturated carbocycles. The largest absolute Gasteiger partial charge is 0.384 e. The van der Waals surface area contributed by atoms with Gasteiger partial charge < -0.3 is 11.1 Å². The zero-order valence-corrected chi connectivity index (χ0v) is 8.84. The fourth-order valence-corrected chi connectivity index (χ4v) is 2.52. The fraction of sp³-hybridized carbons (Fsp3) is 0.300. The second kappa shape index (κ2) is 3.92. The average Bonchev–Trinajstić information content (AvgIpc) is 2.66. The van der Waals surface area contributed by atoms with Crippen LogP contribution in [-0.4, -0.2) is 12.0 Å². The highest BCUT2D eigenvalue weighted by Crippen LogP contribution is 2.41. The lowest BCUT2D eigenvalue weighted by atomic mass is 10.2. The number of nitrogens with zero attached hydrogens (tertiary/aromatic N) is 1. The van der Waals surface area contributed by atoms with E-state index in [-0.39, 0.29) is 0 Å². The third kappa shape index (κ3) is 1.85. The van der Waals surface area contributed by atoms with Crippen molar-refractivity contribution in [2.24, 2.45) is 0 Å². The molecule has 1 aliphatic heterocycles. The van der Waals surface area contributed by atoms with E-state index >= 15 is 0 Å². The molecule has 3 nitrogen and oxygen atoms in total. The molecular weight excluding hydrogens is 194 g/mol. The highest BCUT2D eigenvalue weighted by atomic mass is 32.2. The van der Waals surface area contributed by atoms with Gasteiger partial charge in [0.25, 0.3) is 0 Å². The van der Waals surface area contributed by atoms with Gasteiger partial charge in [0.05, 0.1) is 16.0 Å². The molecule has 0 bridgehead atoms. The fourth-order valence-electron chi connectivity index (χ4n) is 1.45. The third-order valence-electron chi connectivity index (χ3n) is 2.16. The monoisotopic (exact) mass is 207 g/mol. The van der Waals surface area contributed by atoms with Crippen LogP contribution in [0.2, 0.25) is 0 Å². The smallest absolute Gasteiger partial charge is 0.123 e. The summed E-state index contributed by atoms with van der Waals surface area (Å²) in [6, 6.07) is 5.80. The highest BCUT2D eigenvalue weighted by Gasteiger charge is 2.19. The summed E-state index contributed by atoms with van der Waals surface area (Å²) in [5.41, 5.74) is 6.71. The maximum Gasteiger partial charge on any atom is 0.123 e. The van der Waals surface area contributed by atoms with Gasteiger partial charge in [0, 0.05) is 7.05 Å². The van der Waals surface area contributed by atoms with Crippen molar-refractivity contribution in [2.45, 2.75) is 11.7 Å². The molecule has 1 aliphatic rings. The number of thioether (sulfide) groups is 1. The predicted octanol–water partition coefficient (Wildman–Crippen LogP) is 1.90. The van der Waals surface area contributed by atoms with Crippen LogP contribution in [-0.2, 0) is 0 Å². The minimum Gasteiger partial charge on any atom is -0.384 e. The van der Waals surface area contributed by atoms with Crippen molar-refractivity contribution in [1.29, 1.82) is 0 Å². The Morgan fingerprint density at radius 1 is 1.57 bits per heavy atom. The van der Waals surface area contributed by atoms with Crippen LogP contribution in [0.1, 0.15) is 17.4 Å². The Balaban J connectivity index is 2.12. The van der Waals surface area contributed by atoms with Crippen molar-refractivity contribution in [2.75, 3.05) is 12.8 Å². The van der Waals surface area contributed by atoms with E-state index in [9.17, 15) is 0 Å². The van der Waals surface area contributed by atoms with Crippen LogP contribution in [0.4, 0.5) is 5.82 Å². The number of aromatic nitrogens is 1. The van der Waals surface area contributed by atoms with Gasteiger partial charge in [-0.05, 0) is 18.6 Å². The Morgan fingerprint density at radius 3 is 3.07 bits per heavy atom. The molecule has 1 unspecified atom stereocenters. The molecule has 0 aliphatic carbocycles. The van der Waals surface area contributed by atoms with E-state index in [1.54, 1.807) is 11.8 Å². The van der Waals surface area contributed by atoms with E-state index in [1.165, 1.54) is 5.03 Å². The van der Waals surface area contributed by atoms with Crippen LogP contribution in [0.3, 0.4) is 0 Å². The van der Waals surface area contributed by atoms with Crippen molar-refractivity contribution in [3.63, 3.8) is 0 Å². The van der Waals surface area contributed by atoms with E-state index in [0.717, 1.165) is 12.1 Å². The number of rotatable bonds is 2. The number of nitrogens with one attached hydrogen (secondary N) is 1. The van der Waals surface area contributed by atoms with Crippen LogP contribution < -0.4 is 11.1 Å². The maximum atomic E-state index is 5.64. The zero-order chi connectivity index (χ0) is 9.97. The van der Waals surface area contributed by atoms with Gasteiger partial charge in [-0.15, -0.1) is 0 Å². The minimum absolute atomic E-state index is 0.418. The van der Waals surface area contributed by atoms with Crippen molar-refractivity contribution >= 4 is 17.6 Å². The lowest BCUT2D eigenvalue weighted by molar-refractivity contribution is 0.934. The summed E-state index contributed by atoms with van der Waals surface area (Å²) < 4.78 is 0. The second-order valence-corrected chi connectivity index (χ2v) is 4.39. The second-order valence-electron chi connectivity index (χ2n) is 3.15. The van der Waals surface area contributed by atoms with Gasteiger partial charge in [-0.25, -0.2) is 4.98 Å². The Bertz CT molecular complexity index is 362. The number of hydrogen-bond donors (Lipinski definition) is 2. The number of hydrogen-bond acceptors (Lipinski definition) is 4. The molecule has 0 radical (unpaired) electrons. The molecule has 0 amide bonds. The van der Waals surface area contributed by atoms with Crippen molar-refractivity contribution in [1.82, 2.24) is 10.3 Å². The highest BCUT2D eigenvalue weighted by molar-refractivity contribution is 8.03. The standard InChI is InChI=1S/C10H13N3S/c1-12-10-6-5-8(14-10)7-3-2-4-9(11)13-7/h2-4,6,8,12H,5H2,1H3,(H2,11,13). The van der Waals surface area contributed by atoms with Crippen LogP contribution >= 0.6 is 11.8 Å². The molecular formula is C10H13N3S. The SMILES string of the molecule is CNC1=CCC(c2cccc(N)n2)S1. The van der Waals surface area contributed by atoms with E-state index < -0.39 is 0 Å². The lowest BCUT2D eigenvalue weighted by Crippen LogP contribution is -2.01. The summed E-state index contributed by atoms with van der Waals surface area (Å²) in [5, 5.41) is 4.78. The molecule has 74 valence electrons. The van der Waals surface area contributed by atoms with Crippen molar-refractivity contribution in [3.8, 4) is 0 Å². The molecule has 1 aromatic rings. The van der Waals surface area contributed by atoms with Gasteiger partial charge in [-0.3, -0.25) is 0 Å². The molecule has 3 N–H and O–H groups in total. The van der Waals surface area contributed by atoms with Gasteiger partial charge in [0.1, 0.15) is 5.82 Å². The molecule has 0 aromatic carbocycles. The first kappa shape index (κ1) is 9.40. The zero-order valence-electron chi connectivity index (χ0n) is 8.03. The minimum atomic E-state index is 0.418. The molecule has 0 fully saturated rings. The summed E-state index contributed by atoms with van der Waals surface area (Å²) in [4.78, 5) is 4.32. The topological polar surface area (TPSA) is 50.9 Å². The van der Waals surface area contributed by atoms with Crippen LogP contribution in [0, 0.1) is 0 Å². The summed E-state index contributed by atoms with van der Waals surface area (Å²) in [6.45, 7) is 0. The first-order valence-electron chi connectivity index (χ1n) is 4.56. The van der Waals surface area contributed by atoms with E-state index in [1.807, 2.05) is 25.2 Å². The molecule has 4 heteroatoms. The Hall–Kier alpha value is -1.16. The molecule has 2 rings (SSSR count). The van der Waals surface area contributed by atoms with Gasteiger partial charge >= 0.3 is 0 Å². The molecule has 1 atom stereocenters. The molecule has 0 spiro atoms. The van der Waals surface area contributed by atoms with Gasteiger partial charge in [-0.2, -0.15) is 0 Å². The number of allylic oxidation sites excluding steroid dienone is 1. The van der Waals surface area contributed by atoms with Gasteiger partial charge in [0.2, 0.25) is 0 Å². The quantitative estimate of drug-likeness (QED) is 0.777. The molecule has 1 aromatic heterocycles. The Morgan fingerprint density at radius 2 is 2.43 bits per heavy atom. The Labute approximate surface area is 87.8 Å². The summed E-state index contributed by atoms with van der Waals surface area (Å²) in [7, 11) is 1.94. The maximum absolute atomic E-state index is 5.64. The lowest BCUT2D eigenvalue weighted by Gasteiger charge is -2.09. The van der Waals surface area contributed by atoms with Crippen LogP contribution in [0.25, 0.3) is 0 Å². The average molecular weight is 207 g/mol. The Kier molecular flexibility index (Phi) is 2.63. The normalized spacial score (nSPS) is 20.6. The summed E-state index contributed by atoms with van der Waals surface area (Å²) in [5.74, 6) is 0.598. The molecule has 2 heterocycles. The van der Waals surface area contributed by atoms with E-state index in [2.05, 4.69) is 16.4 Å².